The minimum absolute atomic E-state index is 0.0792. The van der Waals surface area contributed by atoms with Crippen LogP contribution in [0.15, 0.2) is 47.4 Å². The molecule has 2 aromatic carbocycles. The van der Waals surface area contributed by atoms with E-state index in [9.17, 15) is 23.6 Å². The molecule has 1 heterocycles. The Morgan fingerprint density at radius 2 is 2.03 bits per heavy atom. The summed E-state index contributed by atoms with van der Waals surface area (Å²) in [7, 11) is -3.80. The van der Waals surface area contributed by atoms with Gasteiger partial charge in [0.25, 0.3) is 5.69 Å². The van der Waals surface area contributed by atoms with Gasteiger partial charge in [-0.25, -0.2) is 8.42 Å². The van der Waals surface area contributed by atoms with E-state index in [1.807, 2.05) is 13.8 Å². The van der Waals surface area contributed by atoms with Gasteiger partial charge >= 0.3 is 0 Å². The Bertz CT molecular complexity index is 1030. The Kier molecular flexibility index (Phi) is 6.62. The standard InChI is InChI=1S/C21H27N3O5S/c1-3-18(17-8-4-5-9-21(17)25)22-19-11-10-16(13-20(19)24(26)27)30(28,29)23-12-6-7-15(2)14-23/h4-5,8-11,13,15,18,22,25H,3,6-7,12,14H2,1-2H3/t15-,18+/m1/s1. The zero-order valence-electron chi connectivity index (χ0n) is 17.1. The first-order chi connectivity index (χ1) is 14.2. The van der Waals surface area contributed by atoms with Crippen LogP contribution >= 0.6 is 0 Å². The summed E-state index contributed by atoms with van der Waals surface area (Å²) in [5.41, 5.74) is 0.518. The van der Waals surface area contributed by atoms with E-state index >= 15 is 0 Å². The Labute approximate surface area is 176 Å². The molecule has 1 saturated heterocycles. The van der Waals surface area contributed by atoms with Gasteiger partial charge in [-0.15, -0.1) is 0 Å². The molecule has 0 aliphatic carbocycles. The molecule has 0 unspecified atom stereocenters. The average molecular weight is 434 g/mol. The number of hydrogen-bond acceptors (Lipinski definition) is 6. The fourth-order valence-electron chi connectivity index (χ4n) is 3.83. The van der Waals surface area contributed by atoms with Crippen LogP contribution in [0.2, 0.25) is 0 Å². The first kappa shape index (κ1) is 22.0. The van der Waals surface area contributed by atoms with Crippen LogP contribution in [0.25, 0.3) is 0 Å². The third-order valence-corrected chi connectivity index (χ3v) is 7.33. The molecular weight excluding hydrogens is 406 g/mol. The minimum atomic E-state index is -3.80. The number of nitrogens with zero attached hydrogens (tertiary/aromatic N) is 2. The van der Waals surface area contributed by atoms with Gasteiger partial charge in [0.2, 0.25) is 10.0 Å². The fraction of sp³-hybridized carbons (Fsp3) is 0.429. The second kappa shape index (κ2) is 9.01. The highest BCUT2D eigenvalue weighted by atomic mass is 32.2. The van der Waals surface area contributed by atoms with Crippen molar-refractivity contribution in [1.29, 1.82) is 0 Å². The molecule has 2 atom stereocenters. The van der Waals surface area contributed by atoms with Crippen LogP contribution in [-0.2, 0) is 10.0 Å². The van der Waals surface area contributed by atoms with Gasteiger partial charge in [0.05, 0.1) is 15.9 Å². The molecule has 0 spiro atoms. The van der Waals surface area contributed by atoms with E-state index in [0.29, 0.717) is 25.1 Å². The zero-order chi connectivity index (χ0) is 21.9. The van der Waals surface area contributed by atoms with Gasteiger partial charge in [-0.05, 0) is 43.4 Å². The van der Waals surface area contributed by atoms with Crippen molar-refractivity contribution in [2.24, 2.45) is 5.92 Å². The lowest BCUT2D eigenvalue weighted by atomic mass is 10.0. The summed E-state index contributed by atoms with van der Waals surface area (Å²) >= 11 is 0. The van der Waals surface area contributed by atoms with Gasteiger partial charge in [0, 0.05) is 24.7 Å². The van der Waals surface area contributed by atoms with Gasteiger partial charge in [-0.3, -0.25) is 10.1 Å². The van der Waals surface area contributed by atoms with E-state index < -0.39 is 14.9 Å². The maximum absolute atomic E-state index is 13.0. The minimum Gasteiger partial charge on any atom is -0.508 e. The molecule has 3 rings (SSSR count). The number of hydrogen-bond donors (Lipinski definition) is 2. The molecule has 9 heteroatoms. The van der Waals surface area contributed by atoms with Crippen molar-refractivity contribution < 1.29 is 18.4 Å². The van der Waals surface area contributed by atoms with Gasteiger partial charge in [0.1, 0.15) is 11.4 Å². The Balaban J connectivity index is 1.94. The quantitative estimate of drug-likeness (QED) is 0.498. The molecule has 0 saturated carbocycles. The van der Waals surface area contributed by atoms with E-state index in [2.05, 4.69) is 5.32 Å². The third kappa shape index (κ3) is 4.57. The van der Waals surface area contributed by atoms with E-state index in [4.69, 9.17) is 0 Å². The Morgan fingerprint density at radius 1 is 1.30 bits per heavy atom. The number of nitro benzene ring substituents is 1. The zero-order valence-corrected chi connectivity index (χ0v) is 17.9. The molecule has 0 bridgehead atoms. The fourth-order valence-corrected chi connectivity index (χ4v) is 5.45. The third-order valence-electron chi connectivity index (χ3n) is 5.47. The number of benzene rings is 2. The van der Waals surface area contributed by atoms with Crippen LogP contribution in [0.3, 0.4) is 0 Å². The van der Waals surface area contributed by atoms with Crippen LogP contribution in [-0.4, -0.2) is 35.8 Å². The molecule has 2 N–H and O–H groups in total. The van der Waals surface area contributed by atoms with E-state index in [-0.39, 0.29) is 34.0 Å². The maximum Gasteiger partial charge on any atom is 0.293 e. The number of rotatable bonds is 7. The predicted octanol–water partition coefficient (Wildman–Crippen LogP) is 4.28. The molecule has 162 valence electrons. The van der Waals surface area contributed by atoms with Crippen LogP contribution < -0.4 is 5.32 Å². The highest BCUT2D eigenvalue weighted by molar-refractivity contribution is 7.89. The number of para-hydroxylation sites is 1. The summed E-state index contributed by atoms with van der Waals surface area (Å²) in [6.45, 7) is 4.74. The topological polar surface area (TPSA) is 113 Å². The summed E-state index contributed by atoms with van der Waals surface area (Å²) in [4.78, 5) is 11.0. The first-order valence-corrected chi connectivity index (χ1v) is 11.5. The molecule has 30 heavy (non-hydrogen) atoms. The van der Waals surface area contributed by atoms with Gasteiger partial charge < -0.3 is 10.4 Å². The van der Waals surface area contributed by atoms with Crippen LogP contribution in [0.4, 0.5) is 11.4 Å². The molecule has 1 fully saturated rings. The summed E-state index contributed by atoms with van der Waals surface area (Å²) < 4.78 is 27.4. The molecule has 8 nitrogen and oxygen atoms in total. The van der Waals surface area contributed by atoms with Crippen LogP contribution in [0.5, 0.6) is 5.75 Å². The molecular formula is C21H27N3O5S. The monoisotopic (exact) mass is 433 g/mol. The lowest BCUT2D eigenvalue weighted by Crippen LogP contribution is -2.39. The Morgan fingerprint density at radius 3 is 2.67 bits per heavy atom. The maximum atomic E-state index is 13.0. The largest absolute Gasteiger partial charge is 0.508 e. The second-order valence-corrected chi connectivity index (χ2v) is 9.65. The molecule has 2 aromatic rings. The van der Waals surface area contributed by atoms with Gasteiger partial charge in [-0.1, -0.05) is 32.0 Å². The molecule has 0 amide bonds. The average Bonchev–Trinajstić information content (AvgIpc) is 2.72. The Hall–Kier alpha value is -2.65. The lowest BCUT2D eigenvalue weighted by molar-refractivity contribution is -0.384. The number of phenols is 1. The molecule has 0 aromatic heterocycles. The SMILES string of the molecule is CC[C@H](Nc1ccc(S(=O)(=O)N2CCC[C@@H](C)C2)cc1[N+](=O)[O-])c1ccccc1O. The van der Waals surface area contributed by atoms with E-state index in [0.717, 1.165) is 18.9 Å². The number of piperidine rings is 1. The summed E-state index contributed by atoms with van der Waals surface area (Å²) in [6.07, 6.45) is 2.32. The number of aromatic hydroxyl groups is 1. The van der Waals surface area contributed by atoms with E-state index in [1.165, 1.54) is 16.4 Å². The number of phenolic OH excluding ortho intramolecular Hbond substituents is 1. The van der Waals surface area contributed by atoms with Crippen molar-refractivity contribution >= 4 is 21.4 Å². The smallest absolute Gasteiger partial charge is 0.293 e. The summed E-state index contributed by atoms with van der Waals surface area (Å²) in [6, 6.07) is 10.4. The summed E-state index contributed by atoms with van der Waals surface area (Å²) in [5.74, 6) is 0.353. The van der Waals surface area contributed by atoms with Crippen LogP contribution in [0, 0.1) is 16.0 Å². The molecule has 1 aliphatic rings. The van der Waals surface area contributed by atoms with Crippen LogP contribution in [0.1, 0.15) is 44.7 Å². The molecule has 0 radical (unpaired) electrons. The number of anilines is 1. The van der Waals surface area contributed by atoms with Crippen molar-refractivity contribution in [1.82, 2.24) is 4.31 Å². The van der Waals surface area contributed by atoms with Crippen molar-refractivity contribution in [2.45, 2.75) is 44.0 Å². The number of sulfonamides is 1. The van der Waals surface area contributed by atoms with Gasteiger partial charge in [-0.2, -0.15) is 4.31 Å². The van der Waals surface area contributed by atoms with Crippen molar-refractivity contribution in [3.8, 4) is 5.75 Å². The highest BCUT2D eigenvalue weighted by Crippen LogP contribution is 2.35. The predicted molar refractivity (Wildman–Crippen MR) is 115 cm³/mol. The number of nitrogens with one attached hydrogen (secondary N) is 1. The molecule has 1 aliphatic heterocycles. The normalized spacial score (nSPS) is 18.7. The van der Waals surface area contributed by atoms with Crippen molar-refractivity contribution in [3.63, 3.8) is 0 Å². The van der Waals surface area contributed by atoms with Crippen molar-refractivity contribution in [3.05, 3.63) is 58.1 Å². The second-order valence-electron chi connectivity index (χ2n) is 7.71. The highest BCUT2D eigenvalue weighted by Gasteiger charge is 2.31. The number of nitro groups is 1. The van der Waals surface area contributed by atoms with Crippen molar-refractivity contribution in [2.75, 3.05) is 18.4 Å². The van der Waals surface area contributed by atoms with Gasteiger partial charge in [0.15, 0.2) is 0 Å². The summed E-state index contributed by atoms with van der Waals surface area (Å²) in [5, 5.41) is 24.9. The van der Waals surface area contributed by atoms with E-state index in [1.54, 1.807) is 24.3 Å². The first-order valence-electron chi connectivity index (χ1n) is 10.1. The lowest BCUT2D eigenvalue weighted by Gasteiger charge is -2.30.